The van der Waals surface area contributed by atoms with Crippen LogP contribution >= 0.6 is 11.3 Å². The van der Waals surface area contributed by atoms with Gasteiger partial charge < -0.3 is 5.73 Å². The standard InChI is InChI=1S/C15H23NS/c16-15(11-6-3-1-2-4-7-11)14-10-12-8-5-9-13(12)17-14/h10-11,15H,1-9,16H2. The molecule has 2 aliphatic rings. The predicted octanol–water partition coefficient (Wildman–Crippen LogP) is 4.21. The first kappa shape index (κ1) is 11.7. The zero-order valence-corrected chi connectivity index (χ0v) is 11.4. The molecule has 1 aromatic heterocycles. The van der Waals surface area contributed by atoms with E-state index in [1.165, 1.54) is 62.7 Å². The summed E-state index contributed by atoms with van der Waals surface area (Å²) in [6.45, 7) is 0. The van der Waals surface area contributed by atoms with Crippen molar-refractivity contribution >= 4 is 11.3 Å². The summed E-state index contributed by atoms with van der Waals surface area (Å²) >= 11 is 2.01. The van der Waals surface area contributed by atoms with Gasteiger partial charge in [0.25, 0.3) is 0 Å². The van der Waals surface area contributed by atoms with Crippen molar-refractivity contribution < 1.29 is 0 Å². The molecule has 1 heterocycles. The number of thiophene rings is 1. The second-order valence-corrected chi connectivity index (χ2v) is 6.90. The van der Waals surface area contributed by atoms with Gasteiger partial charge >= 0.3 is 0 Å². The van der Waals surface area contributed by atoms with Crippen LogP contribution in [0.1, 0.15) is 66.3 Å². The molecule has 0 amide bonds. The number of hydrogen-bond donors (Lipinski definition) is 1. The zero-order valence-electron chi connectivity index (χ0n) is 10.6. The molecule has 3 rings (SSSR count). The lowest BCUT2D eigenvalue weighted by molar-refractivity contribution is 0.386. The summed E-state index contributed by atoms with van der Waals surface area (Å²) in [6, 6.07) is 2.74. The van der Waals surface area contributed by atoms with Gasteiger partial charge in [0, 0.05) is 15.8 Å². The maximum atomic E-state index is 6.51. The van der Waals surface area contributed by atoms with E-state index in [0.717, 1.165) is 5.92 Å². The third kappa shape index (κ3) is 2.43. The highest BCUT2D eigenvalue weighted by molar-refractivity contribution is 7.12. The number of aryl methyl sites for hydroxylation is 2. The third-order valence-corrected chi connectivity index (χ3v) is 5.84. The average molecular weight is 249 g/mol. The lowest BCUT2D eigenvalue weighted by Gasteiger charge is -2.21. The van der Waals surface area contributed by atoms with Crippen molar-refractivity contribution in [2.45, 2.75) is 63.8 Å². The monoisotopic (exact) mass is 249 g/mol. The topological polar surface area (TPSA) is 26.0 Å². The SMILES string of the molecule is NC(c1cc2c(s1)CCC2)C1CCCCCC1. The van der Waals surface area contributed by atoms with Crippen LogP contribution in [0.15, 0.2) is 6.07 Å². The van der Waals surface area contributed by atoms with Gasteiger partial charge in [-0.1, -0.05) is 25.7 Å². The van der Waals surface area contributed by atoms with Crippen LogP contribution in [0.2, 0.25) is 0 Å². The van der Waals surface area contributed by atoms with Crippen LogP contribution in [-0.2, 0) is 12.8 Å². The van der Waals surface area contributed by atoms with Gasteiger partial charge in [-0.25, -0.2) is 0 Å². The third-order valence-electron chi connectivity index (χ3n) is 4.50. The van der Waals surface area contributed by atoms with Gasteiger partial charge in [-0.2, -0.15) is 0 Å². The minimum Gasteiger partial charge on any atom is -0.323 e. The minimum absolute atomic E-state index is 0.323. The van der Waals surface area contributed by atoms with Crippen LogP contribution < -0.4 is 5.73 Å². The lowest BCUT2D eigenvalue weighted by atomic mass is 9.91. The molecule has 1 unspecified atom stereocenters. The van der Waals surface area contributed by atoms with Gasteiger partial charge in [-0.05, 0) is 49.7 Å². The lowest BCUT2D eigenvalue weighted by Crippen LogP contribution is -2.20. The summed E-state index contributed by atoms with van der Waals surface area (Å²) in [5.74, 6) is 0.747. The molecule has 94 valence electrons. The minimum atomic E-state index is 0.323. The van der Waals surface area contributed by atoms with Crippen LogP contribution in [0.4, 0.5) is 0 Å². The molecule has 1 nitrogen and oxygen atoms in total. The first-order valence-corrected chi connectivity index (χ1v) is 8.03. The van der Waals surface area contributed by atoms with Crippen LogP contribution in [0.5, 0.6) is 0 Å². The molecule has 0 saturated heterocycles. The Morgan fingerprint density at radius 2 is 1.82 bits per heavy atom. The van der Waals surface area contributed by atoms with Crippen molar-refractivity contribution in [3.8, 4) is 0 Å². The second-order valence-electron chi connectivity index (χ2n) is 5.73. The average Bonchev–Trinajstić information content (AvgIpc) is 2.80. The first-order valence-electron chi connectivity index (χ1n) is 7.21. The van der Waals surface area contributed by atoms with Crippen molar-refractivity contribution in [3.05, 3.63) is 21.4 Å². The Hall–Kier alpha value is -0.340. The molecule has 0 aliphatic heterocycles. The van der Waals surface area contributed by atoms with Gasteiger partial charge in [0.15, 0.2) is 0 Å². The molecule has 1 saturated carbocycles. The van der Waals surface area contributed by atoms with Crippen molar-refractivity contribution in [2.75, 3.05) is 0 Å². The van der Waals surface area contributed by atoms with E-state index in [0.29, 0.717) is 6.04 Å². The Bertz CT molecular complexity index is 353. The van der Waals surface area contributed by atoms with E-state index in [4.69, 9.17) is 5.73 Å². The Morgan fingerprint density at radius 1 is 1.06 bits per heavy atom. The molecule has 2 aliphatic carbocycles. The van der Waals surface area contributed by atoms with Crippen LogP contribution in [0.3, 0.4) is 0 Å². The number of nitrogens with two attached hydrogens (primary N) is 1. The highest BCUT2D eigenvalue weighted by Crippen LogP contribution is 2.38. The maximum Gasteiger partial charge on any atom is 0.0418 e. The van der Waals surface area contributed by atoms with E-state index < -0.39 is 0 Å². The molecule has 1 atom stereocenters. The van der Waals surface area contributed by atoms with E-state index in [9.17, 15) is 0 Å². The molecular weight excluding hydrogens is 226 g/mol. The molecule has 1 aromatic rings. The van der Waals surface area contributed by atoms with Crippen molar-refractivity contribution in [1.29, 1.82) is 0 Å². The summed E-state index contributed by atoms with van der Waals surface area (Å²) in [5.41, 5.74) is 8.12. The molecule has 1 fully saturated rings. The van der Waals surface area contributed by atoms with Crippen molar-refractivity contribution in [1.82, 2.24) is 0 Å². The highest BCUT2D eigenvalue weighted by atomic mass is 32.1. The molecule has 0 radical (unpaired) electrons. The maximum absolute atomic E-state index is 6.51. The highest BCUT2D eigenvalue weighted by Gasteiger charge is 2.24. The van der Waals surface area contributed by atoms with Gasteiger partial charge in [0.2, 0.25) is 0 Å². The Kier molecular flexibility index (Phi) is 3.53. The Morgan fingerprint density at radius 3 is 2.53 bits per heavy atom. The first-order chi connectivity index (χ1) is 8.34. The molecule has 0 bridgehead atoms. The Labute approximate surface area is 108 Å². The summed E-state index contributed by atoms with van der Waals surface area (Å²) in [4.78, 5) is 3.10. The molecule has 17 heavy (non-hydrogen) atoms. The second kappa shape index (κ2) is 5.11. The molecule has 2 heteroatoms. The number of rotatable bonds is 2. The fraction of sp³-hybridized carbons (Fsp3) is 0.733. The van der Waals surface area contributed by atoms with Crippen molar-refractivity contribution in [3.63, 3.8) is 0 Å². The van der Waals surface area contributed by atoms with Crippen molar-refractivity contribution in [2.24, 2.45) is 11.7 Å². The molecule has 0 spiro atoms. The molecule has 2 N–H and O–H groups in total. The summed E-state index contributed by atoms with van der Waals surface area (Å²) in [6.07, 6.45) is 12.3. The van der Waals surface area contributed by atoms with E-state index in [-0.39, 0.29) is 0 Å². The zero-order chi connectivity index (χ0) is 11.7. The van der Waals surface area contributed by atoms with Gasteiger partial charge in [-0.15, -0.1) is 11.3 Å². The predicted molar refractivity (Wildman–Crippen MR) is 74.5 cm³/mol. The van der Waals surface area contributed by atoms with Gasteiger partial charge in [-0.3, -0.25) is 0 Å². The van der Waals surface area contributed by atoms with E-state index >= 15 is 0 Å². The van der Waals surface area contributed by atoms with E-state index in [1.807, 2.05) is 11.3 Å². The van der Waals surface area contributed by atoms with E-state index in [2.05, 4.69) is 6.07 Å². The smallest absolute Gasteiger partial charge is 0.0418 e. The fourth-order valence-electron chi connectivity index (χ4n) is 3.42. The molecular formula is C15H23NS. The molecule has 0 aromatic carbocycles. The Balaban J connectivity index is 1.73. The summed E-state index contributed by atoms with van der Waals surface area (Å²) < 4.78 is 0. The normalized spacial score (nSPS) is 23.4. The largest absolute Gasteiger partial charge is 0.323 e. The van der Waals surface area contributed by atoms with Gasteiger partial charge in [0.05, 0.1) is 0 Å². The number of hydrogen-bond acceptors (Lipinski definition) is 2. The van der Waals surface area contributed by atoms with Gasteiger partial charge in [0.1, 0.15) is 0 Å². The van der Waals surface area contributed by atoms with Crippen LogP contribution in [0.25, 0.3) is 0 Å². The quantitative estimate of drug-likeness (QED) is 0.781. The van der Waals surface area contributed by atoms with Crippen LogP contribution in [-0.4, -0.2) is 0 Å². The summed E-state index contributed by atoms with van der Waals surface area (Å²) in [5, 5.41) is 0. The fourth-order valence-corrected chi connectivity index (χ4v) is 4.77. The number of fused-ring (bicyclic) bond motifs is 1. The summed E-state index contributed by atoms with van der Waals surface area (Å²) in [7, 11) is 0. The van der Waals surface area contributed by atoms with E-state index in [1.54, 1.807) is 10.4 Å². The van der Waals surface area contributed by atoms with Crippen LogP contribution in [0, 0.1) is 5.92 Å².